The third kappa shape index (κ3) is 6.62. The Morgan fingerprint density at radius 3 is 2.56 bits per heavy atom. The molecule has 2 heterocycles. The maximum Gasteiger partial charge on any atom is 0.328 e. The van der Waals surface area contributed by atoms with Crippen LogP contribution in [0.25, 0.3) is 11.2 Å². The van der Waals surface area contributed by atoms with E-state index >= 15 is 0 Å². The quantitative estimate of drug-likeness (QED) is 0.344. The molecule has 0 bridgehead atoms. The summed E-state index contributed by atoms with van der Waals surface area (Å²) in [6.45, 7) is 14.9. The smallest absolute Gasteiger partial charge is 0.328 e. The second-order valence-corrected chi connectivity index (χ2v) is 16.5. The highest BCUT2D eigenvalue weighted by molar-refractivity contribution is 6.76. The van der Waals surface area contributed by atoms with Crippen LogP contribution in [0, 0.1) is 0 Å². The second kappa shape index (κ2) is 9.31. The van der Waals surface area contributed by atoms with Crippen molar-refractivity contribution in [2.24, 2.45) is 0 Å². The Bertz CT molecular complexity index is 986. The number of hydrogen-bond donors (Lipinski definition) is 1. The van der Waals surface area contributed by atoms with Crippen LogP contribution in [0.5, 0.6) is 0 Å². The molecule has 0 saturated heterocycles. The molecule has 0 aromatic carbocycles. The maximum absolute atomic E-state index is 13.1. The molecule has 9 heteroatoms. The molecule has 1 fully saturated rings. The first kappa shape index (κ1) is 24.4. The van der Waals surface area contributed by atoms with Gasteiger partial charge in [-0.05, 0) is 46.6 Å². The van der Waals surface area contributed by atoms with Gasteiger partial charge in [0.2, 0.25) is 0 Å². The number of rotatable bonds is 9. The van der Waals surface area contributed by atoms with E-state index in [0.29, 0.717) is 36.0 Å². The number of amides is 1. The summed E-state index contributed by atoms with van der Waals surface area (Å²) in [5, 5.41) is 2.75. The van der Waals surface area contributed by atoms with Crippen molar-refractivity contribution >= 4 is 31.1 Å². The number of ether oxygens (including phenoxy) is 2. The lowest BCUT2D eigenvalue weighted by atomic mass is 10.2. The Kier molecular flexibility index (Phi) is 7.09. The van der Waals surface area contributed by atoms with Gasteiger partial charge in [0, 0.05) is 26.8 Å². The van der Waals surface area contributed by atoms with E-state index in [1.54, 1.807) is 40.1 Å². The highest BCUT2D eigenvalue weighted by Gasteiger charge is 2.29. The number of carbonyl (C=O) groups excluding carboxylic acids is 2. The SMILES string of the molecule is CC(NC(=O)c1cn(COCC[Si](C)(C)C)c2ncc(C3CC3)nc12)C(=O)OC(C)(C)C. The maximum atomic E-state index is 13.1. The zero-order chi connectivity index (χ0) is 23.7. The first-order valence-corrected chi connectivity index (χ1v) is 15.0. The highest BCUT2D eigenvalue weighted by Crippen LogP contribution is 2.39. The molecular weight excluding hydrogens is 424 g/mol. The van der Waals surface area contributed by atoms with Gasteiger partial charge in [-0.2, -0.15) is 0 Å². The van der Waals surface area contributed by atoms with E-state index in [9.17, 15) is 9.59 Å². The Labute approximate surface area is 191 Å². The molecule has 1 amide bonds. The molecule has 1 saturated carbocycles. The van der Waals surface area contributed by atoms with Gasteiger partial charge in [0.15, 0.2) is 5.65 Å². The molecule has 1 aliphatic rings. The van der Waals surface area contributed by atoms with Gasteiger partial charge in [-0.1, -0.05) is 19.6 Å². The van der Waals surface area contributed by atoms with E-state index in [4.69, 9.17) is 14.5 Å². The number of fused-ring (bicyclic) bond motifs is 1. The fourth-order valence-electron chi connectivity index (χ4n) is 3.17. The van der Waals surface area contributed by atoms with Crippen LogP contribution in [0.1, 0.15) is 62.5 Å². The number of carbonyl (C=O) groups is 2. The first-order chi connectivity index (χ1) is 14.8. The third-order valence-corrected chi connectivity index (χ3v) is 6.86. The van der Waals surface area contributed by atoms with Gasteiger partial charge in [0.05, 0.1) is 17.5 Å². The van der Waals surface area contributed by atoms with Crippen LogP contribution in [0.2, 0.25) is 25.7 Å². The lowest BCUT2D eigenvalue weighted by Crippen LogP contribution is -2.42. The molecule has 1 N–H and O–H groups in total. The summed E-state index contributed by atoms with van der Waals surface area (Å²) in [6.07, 6.45) is 5.70. The number of nitrogens with one attached hydrogen (secondary N) is 1. The van der Waals surface area contributed by atoms with Crippen LogP contribution in [-0.4, -0.2) is 52.7 Å². The summed E-state index contributed by atoms with van der Waals surface area (Å²) in [6, 6.07) is 0.275. The number of hydrogen-bond acceptors (Lipinski definition) is 6. The molecule has 1 aliphatic carbocycles. The summed E-state index contributed by atoms with van der Waals surface area (Å²) in [4.78, 5) is 34.7. The van der Waals surface area contributed by atoms with Crippen molar-refractivity contribution in [1.29, 1.82) is 0 Å². The van der Waals surface area contributed by atoms with Crippen LogP contribution in [-0.2, 0) is 21.0 Å². The standard InChI is InChI=1S/C23H36N4O4Si/c1-15(22(29)31-23(2,3)4)25-21(28)17-13-27(14-30-10-11-32(5,6)7)20-19(17)26-18(12-24-20)16-8-9-16/h12-13,15-16H,8-11,14H2,1-7H3,(H,25,28). The lowest BCUT2D eigenvalue weighted by molar-refractivity contribution is -0.156. The largest absolute Gasteiger partial charge is 0.458 e. The van der Waals surface area contributed by atoms with E-state index < -0.39 is 25.7 Å². The van der Waals surface area contributed by atoms with Crippen LogP contribution >= 0.6 is 0 Å². The van der Waals surface area contributed by atoms with Crippen molar-refractivity contribution in [3.05, 3.63) is 23.7 Å². The topological polar surface area (TPSA) is 95.3 Å². The minimum atomic E-state index is -1.19. The van der Waals surface area contributed by atoms with Crippen molar-refractivity contribution < 1.29 is 19.1 Å². The van der Waals surface area contributed by atoms with E-state index in [-0.39, 0.29) is 5.91 Å². The fourth-order valence-corrected chi connectivity index (χ4v) is 3.93. The van der Waals surface area contributed by atoms with E-state index in [1.165, 1.54) is 0 Å². The lowest BCUT2D eigenvalue weighted by Gasteiger charge is -2.22. The fraction of sp³-hybridized carbons (Fsp3) is 0.652. The molecular formula is C23H36N4O4Si. The van der Waals surface area contributed by atoms with Crippen LogP contribution < -0.4 is 5.32 Å². The Balaban J connectivity index is 1.80. The van der Waals surface area contributed by atoms with Crippen molar-refractivity contribution in [3.63, 3.8) is 0 Å². The third-order valence-electron chi connectivity index (χ3n) is 5.16. The molecule has 3 rings (SSSR count). The predicted molar refractivity (Wildman–Crippen MR) is 126 cm³/mol. The zero-order valence-corrected chi connectivity index (χ0v) is 21.3. The number of aromatic nitrogens is 3. The van der Waals surface area contributed by atoms with Crippen LogP contribution in [0.4, 0.5) is 0 Å². The summed E-state index contributed by atoms with van der Waals surface area (Å²) < 4.78 is 13.1. The van der Waals surface area contributed by atoms with Crippen molar-refractivity contribution in [2.45, 2.75) is 90.5 Å². The van der Waals surface area contributed by atoms with Crippen molar-refractivity contribution in [1.82, 2.24) is 19.9 Å². The van der Waals surface area contributed by atoms with Gasteiger partial charge in [-0.15, -0.1) is 0 Å². The number of esters is 1. The molecule has 0 aliphatic heterocycles. The molecule has 8 nitrogen and oxygen atoms in total. The molecule has 1 atom stereocenters. The molecule has 2 aromatic rings. The van der Waals surface area contributed by atoms with E-state index in [1.807, 2.05) is 4.57 Å². The van der Waals surface area contributed by atoms with Crippen molar-refractivity contribution in [3.8, 4) is 0 Å². The van der Waals surface area contributed by atoms with Gasteiger partial charge >= 0.3 is 5.97 Å². The van der Waals surface area contributed by atoms with Crippen molar-refractivity contribution in [2.75, 3.05) is 6.61 Å². The van der Waals surface area contributed by atoms with Crippen LogP contribution in [0.3, 0.4) is 0 Å². The summed E-state index contributed by atoms with van der Waals surface area (Å²) in [5.41, 5.74) is 1.82. The molecule has 0 radical (unpaired) electrons. The van der Waals surface area contributed by atoms with E-state index in [2.05, 4.69) is 29.9 Å². The van der Waals surface area contributed by atoms with Gasteiger partial charge in [0.25, 0.3) is 5.91 Å². The minimum Gasteiger partial charge on any atom is -0.458 e. The monoisotopic (exact) mass is 460 g/mol. The van der Waals surface area contributed by atoms with Gasteiger partial charge in [-0.3, -0.25) is 4.79 Å². The Morgan fingerprint density at radius 2 is 1.97 bits per heavy atom. The van der Waals surface area contributed by atoms with E-state index in [0.717, 1.165) is 24.6 Å². The van der Waals surface area contributed by atoms with Gasteiger partial charge in [0.1, 0.15) is 23.9 Å². The molecule has 32 heavy (non-hydrogen) atoms. The van der Waals surface area contributed by atoms with Gasteiger partial charge < -0.3 is 19.4 Å². The Morgan fingerprint density at radius 1 is 1.28 bits per heavy atom. The average Bonchev–Trinajstić information content (AvgIpc) is 3.45. The number of nitrogens with zero attached hydrogens (tertiary/aromatic N) is 3. The van der Waals surface area contributed by atoms with Gasteiger partial charge in [-0.25, -0.2) is 14.8 Å². The molecule has 176 valence electrons. The highest BCUT2D eigenvalue weighted by atomic mass is 28.3. The molecule has 2 aromatic heterocycles. The molecule has 1 unspecified atom stereocenters. The normalized spacial score (nSPS) is 15.6. The summed E-state index contributed by atoms with van der Waals surface area (Å²) in [5.74, 6) is -0.440. The van der Waals surface area contributed by atoms with Crippen LogP contribution in [0.15, 0.2) is 12.4 Å². The second-order valence-electron chi connectivity index (χ2n) is 10.8. The summed E-state index contributed by atoms with van der Waals surface area (Å²) >= 11 is 0. The average molecular weight is 461 g/mol. The summed E-state index contributed by atoms with van der Waals surface area (Å²) in [7, 11) is -1.19. The predicted octanol–water partition coefficient (Wildman–Crippen LogP) is 4.08. The molecule has 0 spiro atoms. The first-order valence-electron chi connectivity index (χ1n) is 11.3. The Hall–Kier alpha value is -2.26. The zero-order valence-electron chi connectivity index (χ0n) is 20.3. The minimum absolute atomic E-state index is 0.299.